The molecule has 0 N–H and O–H groups in total. The predicted octanol–water partition coefficient (Wildman–Crippen LogP) is 1.19. The highest BCUT2D eigenvalue weighted by Gasteiger charge is 1.58. The Labute approximate surface area is 51.3 Å². The van der Waals surface area contributed by atoms with Gasteiger partial charge in [-0.05, 0) is 12.1 Å². The molecule has 0 radical (unpaired) electrons. The van der Waals surface area contributed by atoms with Crippen LogP contribution in [0.4, 0.5) is 0 Å². The molecule has 1 aromatic rings. The standard InChI is InChI=1S/C5H5N.S/c1-2-4-6-5-3-1;/h1-5H;/q;-2/p+1. The Morgan fingerprint density at radius 3 is 1.71 bits per heavy atom. The molecule has 38 valence electrons. The van der Waals surface area contributed by atoms with Crippen molar-refractivity contribution in [2.75, 3.05) is 0 Å². The number of aromatic nitrogens is 1. The Kier molecular flexibility index (Phi) is 3.42. The van der Waals surface area contributed by atoms with Crippen molar-refractivity contribution < 1.29 is 1.43 Å². The van der Waals surface area contributed by atoms with Gasteiger partial charge < -0.3 is 13.5 Å². The van der Waals surface area contributed by atoms with E-state index < -0.39 is 0 Å². The molecule has 0 unspecified atom stereocenters. The monoisotopic (exact) mass is 112 g/mol. The minimum Gasteiger partial charge on any atom is -2.00 e. The smallest absolute Gasteiger partial charge is 1.00 e. The minimum absolute atomic E-state index is 0. The summed E-state index contributed by atoms with van der Waals surface area (Å²) in [6, 6.07) is 5.72. The second-order valence-corrected chi connectivity index (χ2v) is 1.02. The van der Waals surface area contributed by atoms with Crippen LogP contribution in [0.1, 0.15) is 1.43 Å². The summed E-state index contributed by atoms with van der Waals surface area (Å²) in [4.78, 5) is 3.78. The minimum atomic E-state index is 0. The van der Waals surface area contributed by atoms with Crippen LogP contribution in [0.3, 0.4) is 0 Å². The maximum absolute atomic E-state index is 3.78. The highest BCUT2D eigenvalue weighted by atomic mass is 32.1. The molecule has 0 spiro atoms. The summed E-state index contributed by atoms with van der Waals surface area (Å²) in [6.07, 6.45) is 3.50. The van der Waals surface area contributed by atoms with E-state index in [9.17, 15) is 0 Å². The van der Waals surface area contributed by atoms with E-state index in [4.69, 9.17) is 0 Å². The van der Waals surface area contributed by atoms with Crippen molar-refractivity contribution >= 4 is 13.5 Å². The molecule has 0 atom stereocenters. The van der Waals surface area contributed by atoms with Crippen LogP contribution in [-0.2, 0) is 13.5 Å². The summed E-state index contributed by atoms with van der Waals surface area (Å²) in [5.41, 5.74) is 0. The van der Waals surface area contributed by atoms with Gasteiger partial charge in [-0.2, -0.15) is 0 Å². The summed E-state index contributed by atoms with van der Waals surface area (Å²) in [6.45, 7) is 0. The van der Waals surface area contributed by atoms with Crippen LogP contribution in [0.5, 0.6) is 0 Å². The van der Waals surface area contributed by atoms with Crippen molar-refractivity contribution in [2.24, 2.45) is 0 Å². The molecule has 0 amide bonds. The van der Waals surface area contributed by atoms with E-state index in [1.807, 2.05) is 18.2 Å². The van der Waals surface area contributed by atoms with Gasteiger partial charge in [-0.3, -0.25) is 4.98 Å². The highest BCUT2D eigenvalue weighted by Crippen LogP contribution is 1.73. The molecule has 1 aromatic heterocycles. The molecular weight excluding hydrogens is 106 g/mol. The van der Waals surface area contributed by atoms with E-state index in [0.29, 0.717) is 0 Å². The van der Waals surface area contributed by atoms with Gasteiger partial charge in [0.2, 0.25) is 0 Å². The van der Waals surface area contributed by atoms with Crippen LogP contribution in [0.25, 0.3) is 0 Å². The summed E-state index contributed by atoms with van der Waals surface area (Å²) < 4.78 is 0. The van der Waals surface area contributed by atoms with Crippen LogP contribution >= 0.6 is 0 Å². The number of pyridine rings is 1. The first-order valence-corrected chi connectivity index (χ1v) is 1.85. The van der Waals surface area contributed by atoms with Gasteiger partial charge in [-0.15, -0.1) is 0 Å². The maximum atomic E-state index is 3.78. The van der Waals surface area contributed by atoms with Crippen LogP contribution in [-0.4, -0.2) is 4.98 Å². The number of hydrogen-bond donors (Lipinski definition) is 0. The van der Waals surface area contributed by atoms with Crippen molar-refractivity contribution in [2.45, 2.75) is 0 Å². The molecule has 0 aromatic carbocycles. The Morgan fingerprint density at radius 2 is 1.57 bits per heavy atom. The zero-order valence-electron chi connectivity index (χ0n) is 4.74. The molecule has 1 nitrogen and oxygen atoms in total. The zero-order valence-corrected chi connectivity index (χ0v) is 4.56. The third-order valence-electron chi connectivity index (χ3n) is 0.566. The molecule has 0 aliphatic carbocycles. The third-order valence-corrected chi connectivity index (χ3v) is 0.566. The van der Waals surface area contributed by atoms with E-state index in [0.717, 1.165) is 0 Å². The highest BCUT2D eigenvalue weighted by molar-refractivity contribution is 7.37. The largest absolute Gasteiger partial charge is 2.00 e. The van der Waals surface area contributed by atoms with Crippen molar-refractivity contribution in [3.8, 4) is 0 Å². The lowest BCUT2D eigenvalue weighted by molar-refractivity contribution is 1.33. The molecule has 0 aliphatic rings. The fourth-order valence-electron chi connectivity index (χ4n) is 0.313. The van der Waals surface area contributed by atoms with Crippen LogP contribution in [0.15, 0.2) is 30.6 Å². The van der Waals surface area contributed by atoms with Gasteiger partial charge in [0.15, 0.2) is 0 Å². The average Bonchev–Trinajstić information content (AvgIpc) is 1.72. The predicted molar refractivity (Wildman–Crippen MR) is 32.7 cm³/mol. The Balaban J connectivity index is 0. The molecule has 1 rings (SSSR count). The zero-order chi connectivity index (χ0) is 4.24. The molecule has 0 fully saturated rings. The van der Waals surface area contributed by atoms with Gasteiger partial charge in [0, 0.05) is 12.4 Å². The van der Waals surface area contributed by atoms with E-state index >= 15 is 0 Å². The molecular formula is C5H6NS-. The van der Waals surface area contributed by atoms with Crippen LogP contribution in [0, 0.1) is 0 Å². The molecule has 1 heterocycles. The number of nitrogens with zero attached hydrogens (tertiary/aromatic N) is 1. The van der Waals surface area contributed by atoms with Crippen molar-refractivity contribution in [3.63, 3.8) is 0 Å². The van der Waals surface area contributed by atoms with E-state index in [2.05, 4.69) is 4.98 Å². The molecule has 0 saturated carbocycles. The lowest BCUT2D eigenvalue weighted by atomic mass is 10.5. The number of rotatable bonds is 0. The fraction of sp³-hybridized carbons (Fsp3) is 0. The van der Waals surface area contributed by atoms with Gasteiger partial charge in [0.1, 0.15) is 0 Å². The molecule has 0 aliphatic heterocycles. The Bertz CT molecular complexity index is 84.4. The second kappa shape index (κ2) is 3.68. The van der Waals surface area contributed by atoms with Crippen molar-refractivity contribution in [1.29, 1.82) is 0 Å². The van der Waals surface area contributed by atoms with Crippen molar-refractivity contribution in [1.82, 2.24) is 4.98 Å². The normalized spacial score (nSPS) is 6.86. The van der Waals surface area contributed by atoms with Crippen LogP contribution < -0.4 is 0 Å². The SMILES string of the molecule is [H+].[S-2].c1ccncc1. The van der Waals surface area contributed by atoms with Gasteiger partial charge in [-0.25, -0.2) is 0 Å². The van der Waals surface area contributed by atoms with Gasteiger partial charge >= 0.3 is 1.43 Å². The summed E-state index contributed by atoms with van der Waals surface area (Å²) in [7, 11) is 0. The third kappa shape index (κ3) is 2.23. The van der Waals surface area contributed by atoms with Crippen LogP contribution in [0.2, 0.25) is 0 Å². The van der Waals surface area contributed by atoms with E-state index in [1.165, 1.54) is 0 Å². The Hall–Kier alpha value is -0.500. The second-order valence-electron chi connectivity index (χ2n) is 1.02. The lowest BCUT2D eigenvalue weighted by Crippen LogP contribution is -1.58. The summed E-state index contributed by atoms with van der Waals surface area (Å²) >= 11 is 0. The molecule has 2 heteroatoms. The maximum Gasteiger partial charge on any atom is 1.00 e. The van der Waals surface area contributed by atoms with Gasteiger partial charge in [0.05, 0.1) is 0 Å². The van der Waals surface area contributed by atoms with E-state index in [-0.39, 0.29) is 14.9 Å². The first-order valence-electron chi connectivity index (χ1n) is 1.85. The van der Waals surface area contributed by atoms with Gasteiger partial charge in [0.25, 0.3) is 0 Å². The molecule has 0 saturated heterocycles. The summed E-state index contributed by atoms with van der Waals surface area (Å²) in [5.74, 6) is 0. The van der Waals surface area contributed by atoms with E-state index in [1.54, 1.807) is 12.4 Å². The number of hydrogen-bond acceptors (Lipinski definition) is 1. The van der Waals surface area contributed by atoms with Gasteiger partial charge in [-0.1, -0.05) is 6.07 Å². The lowest BCUT2D eigenvalue weighted by Gasteiger charge is -2.00. The first-order chi connectivity index (χ1) is 3.00. The molecule has 7 heavy (non-hydrogen) atoms. The quantitative estimate of drug-likeness (QED) is 0.491. The summed E-state index contributed by atoms with van der Waals surface area (Å²) in [5, 5.41) is 0. The topological polar surface area (TPSA) is 12.9 Å². The first kappa shape index (κ1) is 6.50. The fourth-order valence-corrected chi connectivity index (χ4v) is 0.313. The average molecular weight is 112 g/mol. The molecule has 0 bridgehead atoms. The Morgan fingerprint density at radius 1 is 1.00 bits per heavy atom. The van der Waals surface area contributed by atoms with Crippen molar-refractivity contribution in [3.05, 3.63) is 30.6 Å².